The van der Waals surface area contributed by atoms with Crippen LogP contribution in [0.1, 0.15) is 125 Å². The van der Waals surface area contributed by atoms with Gasteiger partial charge < -0.3 is 38.8 Å². The first-order chi connectivity index (χ1) is 27.0. The Morgan fingerprint density at radius 2 is 1.63 bits per heavy atom. The summed E-state index contributed by atoms with van der Waals surface area (Å²) in [5.41, 5.74) is 2.04. The number of hydrogen-bond acceptors (Lipinski definition) is 11. The molecule has 0 unspecified atom stereocenters. The van der Waals surface area contributed by atoms with Gasteiger partial charge >= 0.3 is 5.97 Å². The molecule has 4 fully saturated rings. The number of ether oxygens (including phenoxy) is 5. The first-order valence-electron chi connectivity index (χ1n) is 21.6. The third kappa shape index (κ3) is 10.1. The van der Waals surface area contributed by atoms with E-state index in [9.17, 15) is 29.4 Å². The lowest BCUT2D eigenvalue weighted by atomic mass is 9.76. The van der Waals surface area contributed by atoms with Crippen molar-refractivity contribution >= 4 is 23.4 Å². The van der Waals surface area contributed by atoms with Gasteiger partial charge in [0.25, 0.3) is 11.7 Å². The summed E-state index contributed by atoms with van der Waals surface area (Å²) in [4.78, 5) is 57.9. The van der Waals surface area contributed by atoms with Crippen molar-refractivity contribution < 1.29 is 53.1 Å². The molecule has 1 amide bonds. The summed E-state index contributed by atoms with van der Waals surface area (Å²) >= 11 is 0. The van der Waals surface area contributed by atoms with Crippen LogP contribution in [0, 0.1) is 35.0 Å². The van der Waals surface area contributed by atoms with E-state index in [1.807, 2.05) is 26.8 Å². The number of aliphatic hydroxyl groups excluding tert-OH is 1. The molecule has 12 nitrogen and oxygen atoms in total. The zero-order valence-electron chi connectivity index (χ0n) is 36.0. The number of hydrogen-bond donors (Lipinski definition) is 2. The predicted octanol–water partition coefficient (Wildman–Crippen LogP) is 5.89. The molecule has 2 saturated heterocycles. The van der Waals surface area contributed by atoms with Crippen LogP contribution in [0.25, 0.3) is 0 Å². The second kappa shape index (κ2) is 19.3. The molecular weight excluding hydrogens is 730 g/mol. The topological polar surface area (TPSA) is 158 Å². The summed E-state index contributed by atoms with van der Waals surface area (Å²) in [6.07, 6.45) is 8.77. The van der Waals surface area contributed by atoms with Crippen LogP contribution in [0.2, 0.25) is 0 Å². The third-order valence-electron chi connectivity index (χ3n) is 14.2. The van der Waals surface area contributed by atoms with Gasteiger partial charge in [-0.15, -0.1) is 0 Å². The molecule has 322 valence electrons. The number of carbonyl (C=O) groups is 4. The van der Waals surface area contributed by atoms with Crippen molar-refractivity contribution in [1.29, 1.82) is 0 Å². The molecule has 13 atom stereocenters. The van der Waals surface area contributed by atoms with Crippen molar-refractivity contribution in [2.75, 3.05) is 27.9 Å². The SMILES string of the molecule is CC[C@@H]1/C=C(\C)C[C@H](C)C[C@H](OC)[C@H]2O[C@@](O)(C(=O)C(=O)N3CCCC[C@H]3C(=O)O[C@H](/C(C)=C/[C@@H]3CCC4(CC4)[C@H](OC)C3)[C@H](C)[C@@H](O)CC1=O)[C@H](C)C[C@@H]2OC. The number of esters is 1. The van der Waals surface area contributed by atoms with E-state index in [1.165, 1.54) is 17.7 Å². The first kappa shape index (κ1) is 45.6. The van der Waals surface area contributed by atoms with Crippen molar-refractivity contribution in [2.45, 2.75) is 173 Å². The van der Waals surface area contributed by atoms with E-state index in [0.717, 1.165) is 30.4 Å². The highest BCUT2D eigenvalue weighted by Gasteiger charge is 2.57. The molecule has 1 spiro atoms. The number of allylic oxidation sites excluding steroid dienone is 3. The van der Waals surface area contributed by atoms with Crippen LogP contribution < -0.4 is 0 Å². The summed E-state index contributed by atoms with van der Waals surface area (Å²) in [6.45, 7) is 11.5. The van der Waals surface area contributed by atoms with Crippen molar-refractivity contribution in [3.8, 4) is 0 Å². The number of rotatable bonds is 6. The Labute approximate surface area is 340 Å². The van der Waals surface area contributed by atoms with E-state index in [0.29, 0.717) is 32.1 Å². The molecule has 3 heterocycles. The van der Waals surface area contributed by atoms with Crippen LogP contribution in [-0.2, 0) is 42.9 Å². The Morgan fingerprint density at radius 3 is 2.26 bits per heavy atom. The van der Waals surface area contributed by atoms with E-state index in [-0.39, 0.29) is 54.9 Å². The fourth-order valence-corrected chi connectivity index (χ4v) is 10.3. The normalized spacial score (nSPS) is 41.4. The maximum absolute atomic E-state index is 14.4. The molecule has 0 aromatic rings. The molecular formula is C45H71NO11. The summed E-state index contributed by atoms with van der Waals surface area (Å²) in [7, 11) is 4.86. The molecule has 3 aliphatic heterocycles. The van der Waals surface area contributed by atoms with Gasteiger partial charge in [-0.25, -0.2) is 4.79 Å². The van der Waals surface area contributed by atoms with Gasteiger partial charge in [-0.05, 0) is 114 Å². The highest BCUT2D eigenvalue weighted by atomic mass is 16.7. The van der Waals surface area contributed by atoms with E-state index in [2.05, 4.69) is 13.0 Å². The fourth-order valence-electron chi connectivity index (χ4n) is 10.3. The monoisotopic (exact) mass is 802 g/mol. The Hall–Kier alpha value is -2.48. The maximum atomic E-state index is 14.4. The third-order valence-corrected chi connectivity index (χ3v) is 14.2. The molecule has 2 saturated carbocycles. The number of Topliss-reactive ketones (excluding diaryl/α,β-unsaturated/α-hetero) is 2. The summed E-state index contributed by atoms with van der Waals surface area (Å²) in [6, 6.07) is -1.09. The number of amides is 1. The lowest BCUT2D eigenvalue weighted by Crippen LogP contribution is -2.64. The van der Waals surface area contributed by atoms with E-state index < -0.39 is 77.8 Å². The van der Waals surface area contributed by atoms with Gasteiger partial charge in [-0.1, -0.05) is 45.4 Å². The minimum atomic E-state index is -2.48. The molecule has 12 heteroatoms. The Bertz CT molecular complexity index is 1510. The van der Waals surface area contributed by atoms with Crippen LogP contribution in [0.4, 0.5) is 0 Å². The van der Waals surface area contributed by atoms with Crippen LogP contribution >= 0.6 is 0 Å². The summed E-state index contributed by atoms with van der Waals surface area (Å²) in [5, 5.41) is 23.8. The number of nitrogens with zero attached hydrogens (tertiary/aromatic N) is 1. The number of ketones is 2. The quantitative estimate of drug-likeness (QED) is 0.188. The molecule has 0 aromatic heterocycles. The van der Waals surface area contributed by atoms with Gasteiger partial charge in [0.1, 0.15) is 24.0 Å². The molecule has 0 aromatic carbocycles. The molecule has 5 aliphatic rings. The number of piperidine rings is 1. The van der Waals surface area contributed by atoms with Gasteiger partial charge in [0.15, 0.2) is 0 Å². The molecule has 5 rings (SSSR count). The van der Waals surface area contributed by atoms with Crippen molar-refractivity contribution in [3.63, 3.8) is 0 Å². The molecule has 2 bridgehead atoms. The second-order valence-corrected chi connectivity index (χ2v) is 18.4. The standard InChI is InChI=1S/C45H71NO11/c1-10-32-20-26(2)19-27(3)21-36(53-7)40-37(54-8)23-29(5)45(52,57-40)41(49)42(50)46-18-12-11-13-33(46)43(51)56-39(30(6)34(47)25-35(32)48)28(4)22-31-14-15-44(16-17-44)38(24-31)55-9/h20,22,27,29-34,36-40,47,52H,10-19,21,23-25H2,1-9H3/b26-20+,28-22+/t27-,29+,30+,31-,32+,33-,34-,36-,37-,38+,39+,40+,45+/m0/s1. The lowest BCUT2D eigenvalue weighted by Gasteiger charge is -2.47. The summed E-state index contributed by atoms with van der Waals surface area (Å²) in [5.74, 6) is -7.05. The van der Waals surface area contributed by atoms with Crippen LogP contribution in [-0.4, -0.2) is 115 Å². The summed E-state index contributed by atoms with van der Waals surface area (Å²) < 4.78 is 30.3. The van der Waals surface area contributed by atoms with Gasteiger partial charge in [0.05, 0.1) is 24.4 Å². The highest BCUT2D eigenvalue weighted by molar-refractivity contribution is 6.39. The number of carbonyl (C=O) groups excluding carboxylic acids is 4. The van der Waals surface area contributed by atoms with Crippen LogP contribution in [0.15, 0.2) is 23.3 Å². The zero-order chi connectivity index (χ0) is 41.8. The fraction of sp³-hybridized carbons (Fsp3) is 0.822. The van der Waals surface area contributed by atoms with Crippen LogP contribution in [0.3, 0.4) is 0 Å². The molecule has 2 aliphatic carbocycles. The van der Waals surface area contributed by atoms with E-state index >= 15 is 0 Å². The minimum Gasteiger partial charge on any atom is -0.456 e. The van der Waals surface area contributed by atoms with E-state index in [1.54, 1.807) is 35.2 Å². The average Bonchev–Trinajstić information content (AvgIpc) is 3.97. The Kier molecular flexibility index (Phi) is 15.4. The van der Waals surface area contributed by atoms with Gasteiger partial charge in [-0.2, -0.15) is 0 Å². The minimum absolute atomic E-state index is 0.0512. The lowest BCUT2D eigenvalue weighted by molar-refractivity contribution is -0.302. The van der Waals surface area contributed by atoms with Gasteiger partial charge in [0, 0.05) is 52.0 Å². The largest absolute Gasteiger partial charge is 0.456 e. The zero-order valence-corrected chi connectivity index (χ0v) is 36.0. The number of aliphatic hydroxyl groups is 2. The van der Waals surface area contributed by atoms with E-state index in [4.69, 9.17) is 23.7 Å². The van der Waals surface area contributed by atoms with Crippen LogP contribution in [0.5, 0.6) is 0 Å². The smallest absolute Gasteiger partial charge is 0.329 e. The van der Waals surface area contributed by atoms with Gasteiger partial charge in [-0.3, -0.25) is 14.4 Å². The average molecular weight is 802 g/mol. The maximum Gasteiger partial charge on any atom is 0.329 e. The molecule has 57 heavy (non-hydrogen) atoms. The number of methoxy groups -OCH3 is 3. The van der Waals surface area contributed by atoms with Gasteiger partial charge in [0.2, 0.25) is 5.79 Å². The Balaban J connectivity index is 1.51. The van der Waals surface area contributed by atoms with Crippen molar-refractivity contribution in [3.05, 3.63) is 23.3 Å². The molecule has 0 radical (unpaired) electrons. The first-order valence-corrected chi connectivity index (χ1v) is 21.6. The van der Waals surface area contributed by atoms with Crippen molar-refractivity contribution in [2.24, 2.45) is 35.0 Å². The number of cyclic esters (lactones) is 1. The number of fused-ring (bicyclic) bond motifs is 3. The molecule has 2 N–H and O–H groups in total. The second-order valence-electron chi connectivity index (χ2n) is 18.4. The predicted molar refractivity (Wildman–Crippen MR) is 214 cm³/mol. The van der Waals surface area contributed by atoms with Crippen molar-refractivity contribution in [1.82, 2.24) is 4.90 Å². The highest BCUT2D eigenvalue weighted by Crippen LogP contribution is 2.58. The Morgan fingerprint density at radius 1 is 0.947 bits per heavy atom.